The highest BCUT2D eigenvalue weighted by molar-refractivity contribution is 7.07. The summed E-state index contributed by atoms with van der Waals surface area (Å²) in [6.45, 7) is 11.5. The van der Waals surface area contributed by atoms with Crippen molar-refractivity contribution >= 4 is 29.4 Å². The number of para-hydroxylation sites is 1. The molecule has 9 nitrogen and oxygen atoms in total. The summed E-state index contributed by atoms with van der Waals surface area (Å²) >= 11 is 1.27. The van der Waals surface area contributed by atoms with Crippen molar-refractivity contribution in [2.24, 2.45) is 4.99 Å². The standard InChI is InChI=1S/C34H35N3O6S/c1-8-42-33(40)29-21(5)35-34-37(30(29)26-11-9-10-12-27(26)43-19(2)3)31(38)28(44-34)18-24-17-20(4)36(22(24)6)25-15-13-23(14-16-25)32(39)41-7/h9-19,30H,8H2,1-7H3/b28-18+/t30-/m0/s1. The van der Waals surface area contributed by atoms with Gasteiger partial charge < -0.3 is 18.8 Å². The Balaban J connectivity index is 1.66. The maximum absolute atomic E-state index is 14.2. The van der Waals surface area contributed by atoms with Crippen LogP contribution in [0.25, 0.3) is 11.8 Å². The number of nitrogens with zero attached hydrogens (tertiary/aromatic N) is 3. The van der Waals surface area contributed by atoms with Gasteiger partial charge in [0.1, 0.15) is 11.8 Å². The molecule has 10 heteroatoms. The maximum Gasteiger partial charge on any atom is 0.338 e. The summed E-state index contributed by atoms with van der Waals surface area (Å²) in [5, 5.41) is 0. The lowest BCUT2D eigenvalue weighted by atomic mass is 9.95. The highest BCUT2D eigenvalue weighted by Crippen LogP contribution is 2.36. The lowest BCUT2D eigenvalue weighted by molar-refractivity contribution is -0.139. The van der Waals surface area contributed by atoms with Crippen molar-refractivity contribution in [3.63, 3.8) is 0 Å². The Bertz CT molecular complexity index is 1960. The van der Waals surface area contributed by atoms with Gasteiger partial charge in [-0.2, -0.15) is 0 Å². The van der Waals surface area contributed by atoms with Gasteiger partial charge >= 0.3 is 11.9 Å². The zero-order valence-corrected chi connectivity index (χ0v) is 26.7. The van der Waals surface area contributed by atoms with Gasteiger partial charge in [0.05, 0.1) is 41.2 Å². The first-order valence-electron chi connectivity index (χ1n) is 14.4. The summed E-state index contributed by atoms with van der Waals surface area (Å²) < 4.78 is 20.5. The number of benzene rings is 2. The summed E-state index contributed by atoms with van der Waals surface area (Å²) in [4.78, 5) is 44.6. The molecule has 0 bridgehead atoms. The van der Waals surface area contributed by atoms with E-state index in [-0.39, 0.29) is 18.3 Å². The van der Waals surface area contributed by atoms with Crippen LogP contribution in [0.5, 0.6) is 5.75 Å². The molecule has 4 aromatic rings. The SMILES string of the molecule is CCOC(=O)C1=C(C)N=c2s/c(=C/c3cc(C)n(-c4ccc(C(=O)OC)cc4)c3C)c(=O)n2[C@H]1c1ccccc1OC(C)C. The Labute approximate surface area is 259 Å². The highest BCUT2D eigenvalue weighted by Gasteiger charge is 2.35. The van der Waals surface area contributed by atoms with E-state index in [1.54, 1.807) is 30.5 Å². The summed E-state index contributed by atoms with van der Waals surface area (Å²) in [7, 11) is 1.35. The van der Waals surface area contributed by atoms with Gasteiger partial charge in [0.2, 0.25) is 0 Å². The summed E-state index contributed by atoms with van der Waals surface area (Å²) in [6, 6.07) is 15.9. The number of hydrogen-bond acceptors (Lipinski definition) is 8. The topological polar surface area (TPSA) is 101 Å². The molecule has 5 rings (SSSR count). The Morgan fingerprint density at radius 3 is 2.41 bits per heavy atom. The molecule has 0 unspecified atom stereocenters. The lowest BCUT2D eigenvalue weighted by Gasteiger charge is -2.26. The van der Waals surface area contributed by atoms with Crippen molar-refractivity contribution in [1.29, 1.82) is 0 Å². The van der Waals surface area contributed by atoms with E-state index in [9.17, 15) is 14.4 Å². The van der Waals surface area contributed by atoms with E-state index < -0.39 is 18.0 Å². The van der Waals surface area contributed by atoms with E-state index in [0.717, 1.165) is 22.6 Å². The fourth-order valence-corrected chi connectivity index (χ4v) is 6.53. The number of rotatable bonds is 8. The van der Waals surface area contributed by atoms with Gasteiger partial charge in [-0.3, -0.25) is 9.36 Å². The van der Waals surface area contributed by atoms with E-state index in [0.29, 0.717) is 37.5 Å². The number of esters is 2. The molecule has 228 valence electrons. The molecule has 0 aliphatic carbocycles. The van der Waals surface area contributed by atoms with Gasteiger partial charge in [-0.25, -0.2) is 14.6 Å². The molecule has 0 saturated heterocycles. The molecule has 2 aromatic heterocycles. The number of methoxy groups -OCH3 is 1. The smallest absolute Gasteiger partial charge is 0.338 e. The number of allylic oxidation sites excluding steroid dienone is 1. The predicted octanol–water partition coefficient (Wildman–Crippen LogP) is 4.78. The van der Waals surface area contributed by atoms with Crippen LogP contribution in [0.3, 0.4) is 0 Å². The largest absolute Gasteiger partial charge is 0.491 e. The molecular formula is C34H35N3O6S. The van der Waals surface area contributed by atoms with E-state index in [1.807, 2.05) is 76.2 Å². The number of aromatic nitrogens is 2. The Morgan fingerprint density at radius 1 is 1.05 bits per heavy atom. The number of fused-ring (bicyclic) bond motifs is 1. The fourth-order valence-electron chi connectivity index (χ4n) is 5.49. The molecule has 1 aliphatic heterocycles. The number of carbonyl (C=O) groups excluding carboxylic acids is 2. The van der Waals surface area contributed by atoms with Gasteiger partial charge in [0, 0.05) is 22.6 Å². The van der Waals surface area contributed by atoms with Crippen molar-refractivity contribution in [1.82, 2.24) is 9.13 Å². The minimum atomic E-state index is -0.775. The lowest BCUT2D eigenvalue weighted by Crippen LogP contribution is -2.40. The normalized spacial score (nSPS) is 14.8. The van der Waals surface area contributed by atoms with Crippen molar-refractivity contribution in [3.8, 4) is 11.4 Å². The van der Waals surface area contributed by atoms with Crippen LogP contribution in [-0.4, -0.2) is 40.9 Å². The second-order valence-electron chi connectivity index (χ2n) is 10.7. The molecule has 44 heavy (non-hydrogen) atoms. The van der Waals surface area contributed by atoms with Crippen molar-refractivity contribution in [2.75, 3.05) is 13.7 Å². The summed E-state index contributed by atoms with van der Waals surface area (Å²) in [5.41, 5.74) is 5.32. The summed E-state index contributed by atoms with van der Waals surface area (Å²) in [6.07, 6.45) is 1.75. The molecule has 2 aromatic carbocycles. The number of thiazole rings is 1. The Kier molecular flexibility index (Phi) is 8.73. The van der Waals surface area contributed by atoms with Gasteiger partial charge in [0.15, 0.2) is 4.80 Å². The van der Waals surface area contributed by atoms with Gasteiger partial charge in [-0.05, 0) is 89.6 Å². The van der Waals surface area contributed by atoms with E-state index in [1.165, 1.54) is 18.4 Å². The second kappa shape index (κ2) is 12.5. The fraction of sp³-hybridized carbons (Fsp3) is 0.294. The van der Waals surface area contributed by atoms with E-state index >= 15 is 0 Å². The minimum Gasteiger partial charge on any atom is -0.491 e. The molecule has 0 fully saturated rings. The Morgan fingerprint density at radius 2 is 1.75 bits per heavy atom. The van der Waals surface area contributed by atoms with Crippen LogP contribution in [0.1, 0.15) is 66.6 Å². The number of carbonyl (C=O) groups is 2. The average Bonchev–Trinajstić information content (AvgIpc) is 3.45. The number of ether oxygens (including phenoxy) is 3. The van der Waals surface area contributed by atoms with Crippen LogP contribution in [0.4, 0.5) is 0 Å². The first-order valence-corrected chi connectivity index (χ1v) is 15.2. The van der Waals surface area contributed by atoms with Crippen LogP contribution in [-0.2, 0) is 14.3 Å². The summed E-state index contributed by atoms with van der Waals surface area (Å²) in [5.74, 6) is -0.332. The quantitative estimate of drug-likeness (QED) is 0.265. The Hall–Kier alpha value is -4.70. The number of aryl methyl sites for hydroxylation is 1. The van der Waals surface area contributed by atoms with Crippen molar-refractivity contribution in [3.05, 3.63) is 114 Å². The third kappa shape index (κ3) is 5.65. The van der Waals surface area contributed by atoms with Crippen molar-refractivity contribution in [2.45, 2.75) is 53.7 Å². The second-order valence-corrected chi connectivity index (χ2v) is 11.7. The molecule has 0 amide bonds. The third-order valence-corrected chi connectivity index (χ3v) is 8.38. The molecule has 0 saturated carbocycles. The van der Waals surface area contributed by atoms with Crippen LogP contribution < -0.4 is 19.6 Å². The van der Waals surface area contributed by atoms with Gasteiger partial charge in [-0.15, -0.1) is 0 Å². The molecular weight excluding hydrogens is 578 g/mol. The number of hydrogen-bond donors (Lipinski definition) is 0. The zero-order chi connectivity index (χ0) is 31.7. The first-order chi connectivity index (χ1) is 21.0. The van der Waals surface area contributed by atoms with E-state index in [2.05, 4.69) is 4.57 Å². The third-order valence-electron chi connectivity index (χ3n) is 7.40. The average molecular weight is 614 g/mol. The van der Waals surface area contributed by atoms with Crippen LogP contribution in [0.2, 0.25) is 0 Å². The molecule has 0 spiro atoms. The van der Waals surface area contributed by atoms with Crippen LogP contribution in [0, 0.1) is 13.8 Å². The highest BCUT2D eigenvalue weighted by atomic mass is 32.1. The molecule has 0 radical (unpaired) electrons. The monoisotopic (exact) mass is 613 g/mol. The molecule has 1 atom stereocenters. The predicted molar refractivity (Wildman–Crippen MR) is 169 cm³/mol. The zero-order valence-electron chi connectivity index (χ0n) is 25.8. The van der Waals surface area contributed by atoms with E-state index in [4.69, 9.17) is 19.2 Å². The molecule has 0 N–H and O–H groups in total. The maximum atomic E-state index is 14.2. The molecule has 1 aliphatic rings. The van der Waals surface area contributed by atoms with Crippen LogP contribution >= 0.6 is 11.3 Å². The first kappa shape index (κ1) is 30.7. The van der Waals surface area contributed by atoms with Gasteiger partial charge in [0.25, 0.3) is 5.56 Å². The molecule has 3 heterocycles. The van der Waals surface area contributed by atoms with Gasteiger partial charge in [-0.1, -0.05) is 29.5 Å². The van der Waals surface area contributed by atoms with Crippen LogP contribution in [0.15, 0.2) is 75.7 Å². The van der Waals surface area contributed by atoms with Crippen molar-refractivity contribution < 1.29 is 23.8 Å². The minimum absolute atomic E-state index is 0.116.